The fraction of sp³-hybridized carbons (Fsp3) is 0.273. The van der Waals surface area contributed by atoms with Gasteiger partial charge in [-0.3, -0.25) is 0 Å². The van der Waals surface area contributed by atoms with Crippen molar-refractivity contribution < 1.29 is 0 Å². The van der Waals surface area contributed by atoms with E-state index in [1.807, 2.05) is 41.5 Å². The van der Waals surface area contributed by atoms with E-state index in [0.717, 1.165) is 5.57 Å². The minimum absolute atomic E-state index is 1.15. The molecule has 0 heteroatoms. The van der Waals surface area contributed by atoms with E-state index >= 15 is 0 Å². The summed E-state index contributed by atoms with van der Waals surface area (Å²) in [6.07, 6.45) is 0. The van der Waals surface area contributed by atoms with Gasteiger partial charge in [-0.1, -0.05) is 96.7 Å². The van der Waals surface area contributed by atoms with Crippen LogP contribution in [0, 0.1) is 0 Å². The monoisotopic (exact) mass is 296 g/mol. The Kier molecular flexibility index (Phi) is 14.0. The Morgan fingerprint density at radius 2 is 0.727 bits per heavy atom. The zero-order valence-electron chi connectivity index (χ0n) is 15.2. The molecule has 0 aromatic heterocycles. The van der Waals surface area contributed by atoms with Gasteiger partial charge in [0.1, 0.15) is 0 Å². The molecule has 1 aliphatic rings. The van der Waals surface area contributed by atoms with Gasteiger partial charge in [-0.2, -0.15) is 0 Å². The van der Waals surface area contributed by atoms with Crippen LogP contribution in [0.25, 0.3) is 16.7 Å². The van der Waals surface area contributed by atoms with Gasteiger partial charge in [-0.05, 0) is 27.8 Å². The van der Waals surface area contributed by atoms with Crippen molar-refractivity contribution in [3.05, 3.63) is 79.4 Å². The molecule has 1 aliphatic carbocycles. The van der Waals surface area contributed by atoms with Gasteiger partial charge in [0.15, 0.2) is 0 Å². The maximum atomic E-state index is 4.14. The number of hydrogen-bond donors (Lipinski definition) is 0. The van der Waals surface area contributed by atoms with Gasteiger partial charge in [0.05, 0.1) is 0 Å². The molecule has 0 atom stereocenters. The molecule has 0 bridgehead atoms. The van der Waals surface area contributed by atoms with Gasteiger partial charge in [-0.15, -0.1) is 13.2 Å². The van der Waals surface area contributed by atoms with E-state index in [2.05, 4.69) is 68.3 Å². The third-order valence-electron chi connectivity index (χ3n) is 2.79. The summed E-state index contributed by atoms with van der Waals surface area (Å²) in [6, 6.07) is 16.9. The summed E-state index contributed by atoms with van der Waals surface area (Å²) in [5, 5.41) is 0. The van der Waals surface area contributed by atoms with Crippen molar-refractivity contribution in [3.8, 4) is 11.1 Å². The Labute approximate surface area is 138 Å². The summed E-state index contributed by atoms with van der Waals surface area (Å²) in [5.41, 5.74) is 6.32. The SMILES string of the molecule is C=C.C=C1c2ccccc2-c2ccccc21.CC.CC.CC. The Bertz CT molecular complexity index is 488. The molecule has 0 radical (unpaired) electrons. The molecule has 0 heterocycles. The molecule has 2 aromatic carbocycles. The van der Waals surface area contributed by atoms with Crippen LogP contribution in [0.15, 0.2) is 68.3 Å². The van der Waals surface area contributed by atoms with Crippen molar-refractivity contribution in [1.29, 1.82) is 0 Å². The Hall–Kier alpha value is -2.08. The minimum Gasteiger partial charge on any atom is -0.106 e. The first-order chi connectivity index (χ1) is 10.9. The summed E-state index contributed by atoms with van der Waals surface area (Å²) >= 11 is 0. The third-order valence-corrected chi connectivity index (χ3v) is 2.79. The molecule has 0 aliphatic heterocycles. The maximum Gasteiger partial charge on any atom is -0.00992 e. The lowest BCUT2D eigenvalue weighted by atomic mass is 10.1. The molecule has 0 saturated heterocycles. The highest BCUT2D eigenvalue weighted by Crippen LogP contribution is 2.42. The van der Waals surface area contributed by atoms with E-state index < -0.39 is 0 Å². The van der Waals surface area contributed by atoms with E-state index in [9.17, 15) is 0 Å². The van der Waals surface area contributed by atoms with Crippen LogP contribution in [-0.4, -0.2) is 0 Å². The molecule has 0 fully saturated rings. The Morgan fingerprint density at radius 1 is 0.500 bits per heavy atom. The number of hydrogen-bond acceptors (Lipinski definition) is 0. The van der Waals surface area contributed by atoms with Gasteiger partial charge in [0, 0.05) is 0 Å². The first kappa shape index (κ1) is 22.2. The molecule has 0 saturated carbocycles. The first-order valence-corrected chi connectivity index (χ1v) is 8.26. The molecular formula is C22H32. The normalized spacial score (nSPS) is 8.91. The zero-order chi connectivity index (χ0) is 17.5. The average molecular weight is 296 g/mol. The summed E-state index contributed by atoms with van der Waals surface area (Å²) in [7, 11) is 0. The Balaban J connectivity index is 0. The zero-order valence-corrected chi connectivity index (χ0v) is 15.2. The van der Waals surface area contributed by atoms with Crippen LogP contribution in [0.5, 0.6) is 0 Å². The van der Waals surface area contributed by atoms with Crippen molar-refractivity contribution in [3.63, 3.8) is 0 Å². The molecule has 0 N–H and O–H groups in total. The van der Waals surface area contributed by atoms with Gasteiger partial charge in [0.2, 0.25) is 0 Å². The molecule has 120 valence electrons. The molecule has 0 amide bonds. The number of benzene rings is 2. The third kappa shape index (κ3) is 5.04. The highest BCUT2D eigenvalue weighted by molar-refractivity contribution is 6.00. The van der Waals surface area contributed by atoms with Crippen molar-refractivity contribution >= 4 is 5.57 Å². The Morgan fingerprint density at radius 3 is 1.00 bits per heavy atom. The van der Waals surface area contributed by atoms with Gasteiger partial charge in [-0.25, -0.2) is 0 Å². The maximum absolute atomic E-state index is 4.14. The van der Waals surface area contributed by atoms with Crippen LogP contribution in [0.3, 0.4) is 0 Å². The number of rotatable bonds is 0. The van der Waals surface area contributed by atoms with E-state index in [1.165, 1.54) is 22.3 Å². The van der Waals surface area contributed by atoms with Crippen molar-refractivity contribution in [2.75, 3.05) is 0 Å². The van der Waals surface area contributed by atoms with Crippen molar-refractivity contribution in [1.82, 2.24) is 0 Å². The predicted octanol–water partition coefficient (Wildman–Crippen LogP) is 7.61. The fourth-order valence-electron chi connectivity index (χ4n) is 2.11. The van der Waals surface area contributed by atoms with Crippen LogP contribution in [0.4, 0.5) is 0 Å². The molecule has 2 aromatic rings. The second-order valence-electron chi connectivity index (χ2n) is 3.57. The molecule has 0 unspecified atom stereocenters. The fourth-order valence-corrected chi connectivity index (χ4v) is 2.11. The summed E-state index contributed by atoms with van der Waals surface area (Å²) < 4.78 is 0. The quantitative estimate of drug-likeness (QED) is 0.374. The first-order valence-electron chi connectivity index (χ1n) is 8.26. The van der Waals surface area contributed by atoms with Crippen LogP contribution >= 0.6 is 0 Å². The largest absolute Gasteiger partial charge is 0.106 e. The summed E-state index contributed by atoms with van der Waals surface area (Å²) in [6.45, 7) is 22.1. The van der Waals surface area contributed by atoms with E-state index in [-0.39, 0.29) is 0 Å². The van der Waals surface area contributed by atoms with Gasteiger partial charge < -0.3 is 0 Å². The van der Waals surface area contributed by atoms with Crippen LogP contribution in [0.2, 0.25) is 0 Å². The minimum atomic E-state index is 1.15. The molecule has 22 heavy (non-hydrogen) atoms. The van der Waals surface area contributed by atoms with Gasteiger partial charge in [0.25, 0.3) is 0 Å². The topological polar surface area (TPSA) is 0 Å². The molecule has 3 rings (SSSR count). The smallest absolute Gasteiger partial charge is 0.00992 e. The van der Waals surface area contributed by atoms with Crippen molar-refractivity contribution in [2.24, 2.45) is 0 Å². The van der Waals surface area contributed by atoms with Crippen molar-refractivity contribution in [2.45, 2.75) is 41.5 Å². The van der Waals surface area contributed by atoms with E-state index in [1.54, 1.807) is 0 Å². The standard InChI is InChI=1S/C14H10.3C2H6.C2H4/c1-10-11-6-2-4-8-13(11)14-9-5-3-7-12(10)14;4*1-2/h2-9H,1H2;3*1-2H3;1-2H2. The average Bonchev–Trinajstić information content (AvgIpc) is 2.95. The van der Waals surface area contributed by atoms with Crippen LogP contribution in [0.1, 0.15) is 52.7 Å². The van der Waals surface area contributed by atoms with Crippen LogP contribution in [-0.2, 0) is 0 Å². The summed E-state index contributed by atoms with van der Waals surface area (Å²) in [4.78, 5) is 0. The van der Waals surface area contributed by atoms with Crippen LogP contribution < -0.4 is 0 Å². The van der Waals surface area contributed by atoms with E-state index in [0.29, 0.717) is 0 Å². The molecule has 0 nitrogen and oxygen atoms in total. The van der Waals surface area contributed by atoms with E-state index in [4.69, 9.17) is 0 Å². The lowest BCUT2D eigenvalue weighted by Crippen LogP contribution is -1.75. The lowest BCUT2D eigenvalue weighted by molar-refractivity contribution is 1.50. The molecular weight excluding hydrogens is 264 g/mol. The highest BCUT2D eigenvalue weighted by atomic mass is 14.2. The number of fused-ring (bicyclic) bond motifs is 3. The summed E-state index contributed by atoms with van der Waals surface area (Å²) in [5.74, 6) is 0. The molecule has 0 spiro atoms. The second kappa shape index (κ2) is 13.9. The highest BCUT2D eigenvalue weighted by Gasteiger charge is 2.19. The lowest BCUT2D eigenvalue weighted by Gasteiger charge is -1.97. The predicted molar refractivity (Wildman–Crippen MR) is 105 cm³/mol. The second-order valence-corrected chi connectivity index (χ2v) is 3.57. The van der Waals surface area contributed by atoms with Gasteiger partial charge >= 0.3 is 0 Å².